The zero-order chi connectivity index (χ0) is 7.07. The van der Waals surface area contributed by atoms with Gasteiger partial charge in [0.1, 0.15) is 5.54 Å². The molecule has 52 valence electrons. The molecule has 1 rings (SSSR count). The highest BCUT2D eigenvalue weighted by Gasteiger charge is 2.49. The van der Waals surface area contributed by atoms with Gasteiger partial charge in [-0.25, -0.2) is 0 Å². The maximum absolute atomic E-state index is 10.2. The number of hydrogen-bond acceptors (Lipinski definition) is 3. The monoisotopic (exact) mass is 131 g/mol. The van der Waals surface area contributed by atoms with E-state index in [2.05, 4.69) is 0 Å². The van der Waals surface area contributed by atoms with Crippen molar-refractivity contribution < 1.29 is 15.0 Å². The fourth-order valence-corrected chi connectivity index (χ4v) is 0.834. The lowest BCUT2D eigenvalue weighted by Crippen LogP contribution is -2.64. The van der Waals surface area contributed by atoms with Crippen LogP contribution in [-0.4, -0.2) is 27.8 Å². The second-order valence-corrected chi connectivity index (χ2v) is 2.40. The molecule has 0 saturated heterocycles. The third-order valence-electron chi connectivity index (χ3n) is 1.82. The number of carboxylic acid groups (broad SMARTS) is 1. The third-order valence-corrected chi connectivity index (χ3v) is 1.82. The van der Waals surface area contributed by atoms with Gasteiger partial charge in [0, 0.05) is 0 Å². The van der Waals surface area contributed by atoms with Gasteiger partial charge in [-0.3, -0.25) is 4.79 Å². The fraction of sp³-hybridized carbons (Fsp3) is 0.800. The summed E-state index contributed by atoms with van der Waals surface area (Å²) >= 11 is 0. The minimum Gasteiger partial charge on any atom is -0.480 e. The maximum Gasteiger partial charge on any atom is 0.326 e. The molecule has 1 saturated carbocycles. The van der Waals surface area contributed by atoms with Crippen LogP contribution >= 0.6 is 0 Å². The number of hydrogen-bond donors (Lipinski definition) is 3. The highest BCUT2D eigenvalue weighted by atomic mass is 16.4. The van der Waals surface area contributed by atoms with Gasteiger partial charge in [0.05, 0.1) is 6.10 Å². The SMILES string of the molecule is N[C@]1(C(=O)O)CC[C@H]1O. The Hall–Kier alpha value is -0.610. The Morgan fingerprint density at radius 1 is 1.78 bits per heavy atom. The summed E-state index contributed by atoms with van der Waals surface area (Å²) in [6, 6.07) is 0. The van der Waals surface area contributed by atoms with E-state index in [1.807, 2.05) is 0 Å². The van der Waals surface area contributed by atoms with E-state index in [9.17, 15) is 4.79 Å². The maximum atomic E-state index is 10.2. The van der Waals surface area contributed by atoms with Gasteiger partial charge in [-0.2, -0.15) is 0 Å². The lowest BCUT2D eigenvalue weighted by molar-refractivity contribution is -0.155. The van der Waals surface area contributed by atoms with Gasteiger partial charge in [-0.05, 0) is 12.8 Å². The summed E-state index contributed by atoms with van der Waals surface area (Å²) in [5, 5.41) is 17.2. The summed E-state index contributed by atoms with van der Waals surface area (Å²) in [4.78, 5) is 10.2. The molecular weight excluding hydrogens is 122 g/mol. The molecule has 0 unspecified atom stereocenters. The molecule has 1 aliphatic rings. The Kier molecular flexibility index (Phi) is 1.22. The second-order valence-electron chi connectivity index (χ2n) is 2.40. The molecule has 0 aromatic rings. The average Bonchev–Trinajstić information content (AvgIpc) is 1.82. The van der Waals surface area contributed by atoms with Crippen molar-refractivity contribution >= 4 is 5.97 Å². The van der Waals surface area contributed by atoms with Crippen LogP contribution in [0.4, 0.5) is 0 Å². The third kappa shape index (κ3) is 0.710. The van der Waals surface area contributed by atoms with Crippen molar-refractivity contribution in [2.24, 2.45) is 5.73 Å². The van der Waals surface area contributed by atoms with Gasteiger partial charge in [0.15, 0.2) is 0 Å². The summed E-state index contributed by atoms with van der Waals surface area (Å²) < 4.78 is 0. The predicted molar refractivity (Wildman–Crippen MR) is 29.8 cm³/mol. The van der Waals surface area contributed by atoms with Crippen LogP contribution in [0.3, 0.4) is 0 Å². The van der Waals surface area contributed by atoms with Crippen LogP contribution in [0.2, 0.25) is 0 Å². The highest BCUT2D eigenvalue weighted by molar-refractivity contribution is 5.80. The Labute approximate surface area is 52.3 Å². The van der Waals surface area contributed by atoms with Crippen LogP contribution in [0.1, 0.15) is 12.8 Å². The van der Waals surface area contributed by atoms with E-state index in [0.29, 0.717) is 12.8 Å². The minimum absolute atomic E-state index is 0.378. The summed E-state index contributed by atoms with van der Waals surface area (Å²) in [5.41, 5.74) is 3.89. The van der Waals surface area contributed by atoms with Crippen molar-refractivity contribution in [2.75, 3.05) is 0 Å². The van der Waals surface area contributed by atoms with E-state index < -0.39 is 17.6 Å². The lowest BCUT2D eigenvalue weighted by Gasteiger charge is -2.39. The first-order valence-corrected chi connectivity index (χ1v) is 2.78. The van der Waals surface area contributed by atoms with Crippen molar-refractivity contribution in [1.29, 1.82) is 0 Å². The van der Waals surface area contributed by atoms with Crippen molar-refractivity contribution in [1.82, 2.24) is 0 Å². The summed E-state index contributed by atoms with van der Waals surface area (Å²) in [6.45, 7) is 0. The topological polar surface area (TPSA) is 83.6 Å². The Morgan fingerprint density at radius 3 is 2.33 bits per heavy atom. The molecule has 0 spiro atoms. The van der Waals surface area contributed by atoms with Crippen LogP contribution < -0.4 is 5.73 Å². The molecule has 1 fully saturated rings. The van der Waals surface area contributed by atoms with Crippen LogP contribution in [0, 0.1) is 0 Å². The number of nitrogens with two attached hydrogens (primary N) is 1. The molecule has 0 aliphatic heterocycles. The highest BCUT2D eigenvalue weighted by Crippen LogP contribution is 2.29. The van der Waals surface area contributed by atoms with Crippen LogP contribution in [-0.2, 0) is 4.79 Å². The van der Waals surface area contributed by atoms with E-state index in [4.69, 9.17) is 15.9 Å². The molecule has 0 aromatic carbocycles. The molecule has 4 N–H and O–H groups in total. The summed E-state index contributed by atoms with van der Waals surface area (Å²) in [6.07, 6.45) is 0.0294. The number of rotatable bonds is 1. The minimum atomic E-state index is -1.35. The van der Waals surface area contributed by atoms with Crippen molar-refractivity contribution in [3.63, 3.8) is 0 Å². The molecule has 1 aliphatic carbocycles. The lowest BCUT2D eigenvalue weighted by atomic mass is 9.75. The summed E-state index contributed by atoms with van der Waals surface area (Å²) in [7, 11) is 0. The smallest absolute Gasteiger partial charge is 0.326 e. The van der Waals surface area contributed by atoms with E-state index >= 15 is 0 Å². The quantitative estimate of drug-likeness (QED) is 0.423. The molecule has 4 nitrogen and oxygen atoms in total. The molecular formula is C5H9NO3. The van der Waals surface area contributed by atoms with Gasteiger partial charge in [0.2, 0.25) is 0 Å². The zero-order valence-corrected chi connectivity index (χ0v) is 4.87. The molecule has 0 aromatic heterocycles. The Bertz CT molecular complexity index is 147. The molecule has 4 heteroatoms. The largest absolute Gasteiger partial charge is 0.480 e. The van der Waals surface area contributed by atoms with Gasteiger partial charge >= 0.3 is 5.97 Å². The first kappa shape index (κ1) is 6.51. The van der Waals surface area contributed by atoms with Gasteiger partial charge < -0.3 is 15.9 Å². The van der Waals surface area contributed by atoms with E-state index in [0.717, 1.165) is 0 Å². The van der Waals surface area contributed by atoms with E-state index in [1.165, 1.54) is 0 Å². The van der Waals surface area contributed by atoms with Crippen molar-refractivity contribution in [3.8, 4) is 0 Å². The normalized spacial score (nSPS) is 41.8. The average molecular weight is 131 g/mol. The molecule has 0 heterocycles. The molecule has 0 bridgehead atoms. The Balaban J connectivity index is 2.64. The Morgan fingerprint density at radius 2 is 2.33 bits per heavy atom. The number of carbonyl (C=O) groups is 1. The number of aliphatic hydroxyl groups excluding tert-OH is 1. The molecule has 2 atom stereocenters. The van der Waals surface area contributed by atoms with Crippen LogP contribution in [0.15, 0.2) is 0 Å². The van der Waals surface area contributed by atoms with E-state index in [1.54, 1.807) is 0 Å². The second kappa shape index (κ2) is 1.68. The summed E-state index contributed by atoms with van der Waals surface area (Å²) in [5.74, 6) is -1.11. The van der Waals surface area contributed by atoms with Crippen LogP contribution in [0.5, 0.6) is 0 Å². The number of aliphatic carboxylic acids is 1. The molecule has 9 heavy (non-hydrogen) atoms. The number of carboxylic acids is 1. The van der Waals surface area contributed by atoms with Crippen molar-refractivity contribution in [3.05, 3.63) is 0 Å². The first-order chi connectivity index (χ1) is 4.07. The zero-order valence-electron chi connectivity index (χ0n) is 4.87. The van der Waals surface area contributed by atoms with E-state index in [-0.39, 0.29) is 0 Å². The predicted octanol–water partition coefficient (Wildman–Crippen LogP) is -1.08. The van der Waals surface area contributed by atoms with Gasteiger partial charge in [-0.1, -0.05) is 0 Å². The fourth-order valence-electron chi connectivity index (χ4n) is 0.834. The van der Waals surface area contributed by atoms with Gasteiger partial charge in [0.25, 0.3) is 0 Å². The molecule has 0 radical (unpaired) electrons. The standard InChI is InChI=1S/C5H9NO3/c6-5(4(8)9)2-1-3(5)7/h3,7H,1-2,6H2,(H,8,9)/t3-,5-/m1/s1. The number of aliphatic hydroxyl groups is 1. The molecule has 0 amide bonds. The van der Waals surface area contributed by atoms with Crippen LogP contribution in [0.25, 0.3) is 0 Å². The van der Waals surface area contributed by atoms with Crippen molar-refractivity contribution in [2.45, 2.75) is 24.5 Å². The first-order valence-electron chi connectivity index (χ1n) is 2.78. The van der Waals surface area contributed by atoms with Gasteiger partial charge in [-0.15, -0.1) is 0 Å².